The Balaban J connectivity index is 2.94. The van der Waals surface area contributed by atoms with Gasteiger partial charge in [0, 0.05) is 28.3 Å². The van der Waals surface area contributed by atoms with E-state index in [0.29, 0.717) is 5.75 Å². The number of nitrogens with one attached hydrogen (secondary N) is 1. The molecule has 0 radical (unpaired) electrons. The number of benzene rings is 1. The van der Waals surface area contributed by atoms with Crippen molar-refractivity contribution in [3.05, 3.63) is 34.9 Å². The first-order chi connectivity index (χ1) is 7.58. The highest BCUT2D eigenvalue weighted by Gasteiger charge is 2.14. The van der Waals surface area contributed by atoms with Gasteiger partial charge < -0.3 is 5.32 Å². The zero-order valence-corrected chi connectivity index (χ0v) is 11.4. The Morgan fingerprint density at radius 3 is 2.62 bits per heavy atom. The molecule has 0 spiro atoms. The Hall–Kier alpha value is -0.670. The normalized spacial score (nSPS) is 14.8. The van der Waals surface area contributed by atoms with E-state index >= 15 is 0 Å². The molecule has 3 heteroatoms. The van der Waals surface area contributed by atoms with Crippen molar-refractivity contribution in [1.29, 1.82) is 0 Å². The molecule has 0 aromatic heterocycles. The van der Waals surface area contributed by atoms with Crippen LogP contribution in [0.25, 0.3) is 0 Å². The summed E-state index contributed by atoms with van der Waals surface area (Å²) in [4.78, 5) is 0. The fourth-order valence-electron chi connectivity index (χ4n) is 1.77. The first kappa shape index (κ1) is 13.4. The molecule has 0 aliphatic heterocycles. The lowest BCUT2D eigenvalue weighted by Gasteiger charge is -2.18. The summed E-state index contributed by atoms with van der Waals surface area (Å²) in [5.74, 6) is 1.42. The SMILES string of the molecule is CCS(=O)CC(NC)c1cc(C)ccc1C. The van der Waals surface area contributed by atoms with E-state index < -0.39 is 10.8 Å². The molecule has 90 valence electrons. The topological polar surface area (TPSA) is 29.1 Å². The average molecular weight is 239 g/mol. The van der Waals surface area contributed by atoms with Crippen LogP contribution >= 0.6 is 0 Å². The van der Waals surface area contributed by atoms with E-state index in [1.807, 2.05) is 14.0 Å². The highest BCUT2D eigenvalue weighted by molar-refractivity contribution is 7.84. The Bertz CT molecular complexity index is 376. The molecule has 0 bridgehead atoms. The molecule has 16 heavy (non-hydrogen) atoms. The van der Waals surface area contributed by atoms with E-state index in [9.17, 15) is 4.21 Å². The van der Waals surface area contributed by atoms with Gasteiger partial charge in [-0.3, -0.25) is 4.21 Å². The Labute approximate surface area is 101 Å². The van der Waals surface area contributed by atoms with Crippen molar-refractivity contribution >= 4 is 10.8 Å². The third kappa shape index (κ3) is 3.42. The second-order valence-electron chi connectivity index (χ2n) is 4.10. The minimum absolute atomic E-state index is 0.195. The minimum Gasteiger partial charge on any atom is -0.312 e. The average Bonchev–Trinajstić information content (AvgIpc) is 2.29. The van der Waals surface area contributed by atoms with E-state index in [2.05, 4.69) is 37.4 Å². The Morgan fingerprint density at radius 1 is 1.38 bits per heavy atom. The highest BCUT2D eigenvalue weighted by Crippen LogP contribution is 2.19. The standard InChI is InChI=1S/C13H21NOS/c1-5-16(15)9-13(14-4)12-8-10(2)6-7-11(12)3/h6-8,13-14H,5,9H2,1-4H3. The summed E-state index contributed by atoms with van der Waals surface area (Å²) in [7, 11) is 1.20. The van der Waals surface area contributed by atoms with E-state index in [1.54, 1.807) is 0 Å². The van der Waals surface area contributed by atoms with Crippen LogP contribution in [0.15, 0.2) is 18.2 Å². The maximum absolute atomic E-state index is 11.6. The number of aryl methyl sites for hydroxylation is 2. The quantitative estimate of drug-likeness (QED) is 0.854. The number of rotatable bonds is 5. The monoisotopic (exact) mass is 239 g/mol. The van der Waals surface area contributed by atoms with Gasteiger partial charge in [0.05, 0.1) is 0 Å². The van der Waals surface area contributed by atoms with Crippen LogP contribution in [-0.2, 0) is 10.8 Å². The molecule has 1 rings (SSSR count). The van der Waals surface area contributed by atoms with E-state index in [1.165, 1.54) is 16.7 Å². The lowest BCUT2D eigenvalue weighted by atomic mass is 10.0. The first-order valence-corrected chi connectivity index (χ1v) is 7.16. The van der Waals surface area contributed by atoms with Crippen LogP contribution in [0.4, 0.5) is 0 Å². The summed E-state index contributed by atoms with van der Waals surface area (Å²) in [6.07, 6.45) is 0. The molecule has 2 nitrogen and oxygen atoms in total. The van der Waals surface area contributed by atoms with Gasteiger partial charge in [-0.15, -0.1) is 0 Å². The largest absolute Gasteiger partial charge is 0.312 e. The van der Waals surface area contributed by atoms with Gasteiger partial charge in [-0.05, 0) is 32.0 Å². The Kier molecular flexibility index (Phi) is 5.16. The van der Waals surface area contributed by atoms with Crippen LogP contribution in [0, 0.1) is 13.8 Å². The summed E-state index contributed by atoms with van der Waals surface area (Å²) in [6.45, 7) is 6.16. The van der Waals surface area contributed by atoms with E-state index in [4.69, 9.17) is 0 Å². The summed E-state index contributed by atoms with van der Waals surface area (Å²) < 4.78 is 11.6. The van der Waals surface area contributed by atoms with Crippen LogP contribution in [0.5, 0.6) is 0 Å². The molecule has 1 aromatic carbocycles. The van der Waals surface area contributed by atoms with Crippen molar-refractivity contribution in [1.82, 2.24) is 5.32 Å². The minimum atomic E-state index is -0.735. The fourth-order valence-corrected chi connectivity index (χ4v) is 2.72. The predicted octanol–water partition coefficient (Wildman–Crippen LogP) is 2.33. The van der Waals surface area contributed by atoms with Gasteiger partial charge in [-0.2, -0.15) is 0 Å². The van der Waals surface area contributed by atoms with E-state index in [-0.39, 0.29) is 6.04 Å². The lowest BCUT2D eigenvalue weighted by molar-refractivity contribution is 0.633. The van der Waals surface area contributed by atoms with Crippen molar-refractivity contribution in [2.75, 3.05) is 18.6 Å². The molecule has 0 aliphatic carbocycles. The Morgan fingerprint density at radius 2 is 2.06 bits per heavy atom. The summed E-state index contributed by atoms with van der Waals surface area (Å²) in [5, 5.41) is 3.26. The molecule has 2 unspecified atom stereocenters. The zero-order valence-electron chi connectivity index (χ0n) is 10.5. The summed E-state index contributed by atoms with van der Waals surface area (Å²) in [6, 6.07) is 6.62. The zero-order chi connectivity index (χ0) is 12.1. The van der Waals surface area contributed by atoms with Crippen LogP contribution in [0.2, 0.25) is 0 Å². The molecule has 1 aromatic rings. The van der Waals surface area contributed by atoms with Crippen molar-refractivity contribution in [3.8, 4) is 0 Å². The molecule has 0 saturated carbocycles. The van der Waals surface area contributed by atoms with Gasteiger partial charge in [0.25, 0.3) is 0 Å². The molecular formula is C13H21NOS. The third-order valence-electron chi connectivity index (χ3n) is 2.83. The van der Waals surface area contributed by atoms with Gasteiger partial charge >= 0.3 is 0 Å². The van der Waals surface area contributed by atoms with E-state index in [0.717, 1.165) is 5.75 Å². The summed E-state index contributed by atoms with van der Waals surface area (Å²) in [5.41, 5.74) is 3.78. The summed E-state index contributed by atoms with van der Waals surface area (Å²) >= 11 is 0. The van der Waals surface area contributed by atoms with Crippen LogP contribution in [-0.4, -0.2) is 22.8 Å². The van der Waals surface area contributed by atoms with Crippen molar-refractivity contribution in [2.45, 2.75) is 26.8 Å². The highest BCUT2D eigenvalue weighted by atomic mass is 32.2. The molecule has 1 N–H and O–H groups in total. The first-order valence-electron chi connectivity index (χ1n) is 5.67. The maximum Gasteiger partial charge on any atom is 0.0437 e. The van der Waals surface area contributed by atoms with Crippen LogP contribution < -0.4 is 5.32 Å². The van der Waals surface area contributed by atoms with Crippen LogP contribution in [0.1, 0.15) is 29.7 Å². The van der Waals surface area contributed by atoms with Crippen LogP contribution in [0.3, 0.4) is 0 Å². The van der Waals surface area contributed by atoms with Crippen molar-refractivity contribution in [3.63, 3.8) is 0 Å². The van der Waals surface area contributed by atoms with Gasteiger partial charge in [0.2, 0.25) is 0 Å². The molecule has 0 saturated heterocycles. The molecule has 0 amide bonds. The van der Waals surface area contributed by atoms with Gasteiger partial charge in [-0.1, -0.05) is 30.7 Å². The van der Waals surface area contributed by atoms with Gasteiger partial charge in [0.1, 0.15) is 0 Å². The molecule has 0 aliphatic rings. The second-order valence-corrected chi connectivity index (χ2v) is 5.89. The van der Waals surface area contributed by atoms with Gasteiger partial charge in [0.15, 0.2) is 0 Å². The van der Waals surface area contributed by atoms with Gasteiger partial charge in [-0.25, -0.2) is 0 Å². The third-order valence-corrected chi connectivity index (χ3v) is 4.18. The number of hydrogen-bond acceptors (Lipinski definition) is 2. The number of hydrogen-bond donors (Lipinski definition) is 1. The fraction of sp³-hybridized carbons (Fsp3) is 0.538. The van der Waals surface area contributed by atoms with Crippen molar-refractivity contribution in [2.24, 2.45) is 0 Å². The molecular weight excluding hydrogens is 218 g/mol. The molecule has 0 heterocycles. The molecule has 2 atom stereocenters. The second kappa shape index (κ2) is 6.16. The lowest BCUT2D eigenvalue weighted by Crippen LogP contribution is -2.24. The van der Waals surface area contributed by atoms with Crippen molar-refractivity contribution < 1.29 is 4.21 Å². The molecule has 0 fully saturated rings. The maximum atomic E-state index is 11.6. The predicted molar refractivity (Wildman–Crippen MR) is 71.3 cm³/mol. The smallest absolute Gasteiger partial charge is 0.0437 e.